The summed E-state index contributed by atoms with van der Waals surface area (Å²) < 4.78 is 33.7. The van der Waals surface area contributed by atoms with E-state index in [0.29, 0.717) is 11.4 Å². The first-order valence-corrected chi connectivity index (χ1v) is 7.62. The fraction of sp³-hybridized carbons (Fsp3) is 0.0769. The first-order chi connectivity index (χ1) is 9.01. The molecule has 0 bridgehead atoms. The Morgan fingerprint density at radius 1 is 1.11 bits per heavy atom. The minimum absolute atomic E-state index is 0.133. The Labute approximate surface area is 120 Å². The maximum atomic E-state index is 12.1. The highest BCUT2D eigenvalue weighted by Gasteiger charge is 2.04. The number of methoxy groups -OCH3 is 1. The summed E-state index contributed by atoms with van der Waals surface area (Å²) in [6, 6.07) is 12.9. The van der Waals surface area contributed by atoms with Crippen molar-refractivity contribution in [2.24, 2.45) is 0 Å². The SMILES string of the molecule is COc1ccc(S(=O)(=O)[N-]c2cccc(Br)c2)cc1. The minimum Gasteiger partial charge on any atom is -0.573 e. The highest BCUT2D eigenvalue weighted by atomic mass is 79.9. The first-order valence-electron chi connectivity index (χ1n) is 5.39. The molecule has 100 valence electrons. The van der Waals surface area contributed by atoms with Crippen LogP contribution < -0.4 is 4.74 Å². The quantitative estimate of drug-likeness (QED) is 0.849. The van der Waals surface area contributed by atoms with Gasteiger partial charge in [-0.15, -0.1) is 5.69 Å². The summed E-state index contributed by atoms with van der Waals surface area (Å²) in [6.07, 6.45) is 0. The minimum atomic E-state index is -3.71. The van der Waals surface area contributed by atoms with Gasteiger partial charge in [0.1, 0.15) is 15.8 Å². The van der Waals surface area contributed by atoms with Crippen molar-refractivity contribution in [3.63, 3.8) is 0 Å². The van der Waals surface area contributed by atoms with E-state index in [1.807, 2.05) is 0 Å². The van der Waals surface area contributed by atoms with Crippen molar-refractivity contribution in [3.8, 4) is 5.75 Å². The van der Waals surface area contributed by atoms with Gasteiger partial charge in [0.15, 0.2) is 0 Å². The van der Waals surface area contributed by atoms with E-state index in [0.717, 1.165) is 4.47 Å². The predicted octanol–water partition coefficient (Wildman–Crippen LogP) is 3.85. The van der Waals surface area contributed by atoms with Crippen LogP contribution in [0.15, 0.2) is 57.9 Å². The highest BCUT2D eigenvalue weighted by Crippen LogP contribution is 2.30. The number of benzene rings is 2. The van der Waals surface area contributed by atoms with Crippen LogP contribution in [0, 0.1) is 0 Å². The fourth-order valence-corrected chi connectivity index (χ4v) is 2.84. The van der Waals surface area contributed by atoms with Crippen LogP contribution in [0.1, 0.15) is 0 Å². The van der Waals surface area contributed by atoms with E-state index in [9.17, 15) is 8.42 Å². The molecule has 0 fully saturated rings. The van der Waals surface area contributed by atoms with E-state index in [1.165, 1.54) is 19.2 Å². The van der Waals surface area contributed by atoms with Crippen molar-refractivity contribution in [1.29, 1.82) is 0 Å². The van der Waals surface area contributed by atoms with E-state index in [2.05, 4.69) is 20.7 Å². The van der Waals surface area contributed by atoms with Crippen molar-refractivity contribution < 1.29 is 13.2 Å². The number of halogens is 1. The molecule has 0 spiro atoms. The third-order valence-corrected chi connectivity index (χ3v) is 4.20. The number of rotatable bonds is 4. The van der Waals surface area contributed by atoms with Crippen molar-refractivity contribution in [1.82, 2.24) is 0 Å². The van der Waals surface area contributed by atoms with Gasteiger partial charge < -0.3 is 9.46 Å². The van der Waals surface area contributed by atoms with Crippen LogP contribution in [0.25, 0.3) is 4.72 Å². The van der Waals surface area contributed by atoms with Gasteiger partial charge in [-0.1, -0.05) is 34.1 Å². The molecule has 0 radical (unpaired) electrons. The Morgan fingerprint density at radius 2 is 1.79 bits per heavy atom. The van der Waals surface area contributed by atoms with E-state index < -0.39 is 10.0 Å². The largest absolute Gasteiger partial charge is 0.573 e. The fourth-order valence-electron chi connectivity index (χ4n) is 1.47. The number of ether oxygens (including phenoxy) is 1. The Balaban J connectivity index is 2.27. The molecule has 0 aliphatic rings. The molecule has 0 aromatic heterocycles. The monoisotopic (exact) mass is 340 g/mol. The second-order valence-corrected chi connectivity index (χ2v) is 6.24. The topological polar surface area (TPSA) is 57.5 Å². The molecule has 2 rings (SSSR count). The maximum Gasteiger partial charge on any atom is 0.123 e. The molecule has 0 saturated heterocycles. The summed E-state index contributed by atoms with van der Waals surface area (Å²) in [4.78, 5) is 0.133. The van der Waals surface area contributed by atoms with Gasteiger partial charge in [0.25, 0.3) is 0 Å². The van der Waals surface area contributed by atoms with Crippen LogP contribution in [-0.4, -0.2) is 15.5 Å². The first kappa shape index (κ1) is 13.9. The third kappa shape index (κ3) is 3.48. The summed E-state index contributed by atoms with van der Waals surface area (Å²) in [5.74, 6) is 0.599. The summed E-state index contributed by atoms with van der Waals surface area (Å²) in [5.41, 5.74) is 0.380. The molecule has 0 saturated carbocycles. The molecule has 0 N–H and O–H groups in total. The van der Waals surface area contributed by atoms with Crippen molar-refractivity contribution >= 4 is 31.6 Å². The van der Waals surface area contributed by atoms with Crippen molar-refractivity contribution in [2.45, 2.75) is 4.90 Å². The van der Waals surface area contributed by atoms with E-state index >= 15 is 0 Å². The lowest BCUT2D eigenvalue weighted by Crippen LogP contribution is -1.97. The molecule has 0 unspecified atom stereocenters. The van der Waals surface area contributed by atoms with Gasteiger partial charge in [-0.2, -0.15) is 0 Å². The summed E-state index contributed by atoms with van der Waals surface area (Å²) in [5, 5.41) is 0. The Morgan fingerprint density at radius 3 is 2.37 bits per heavy atom. The van der Waals surface area contributed by atoms with Gasteiger partial charge in [-0.05, 0) is 30.3 Å². The van der Waals surface area contributed by atoms with Gasteiger partial charge in [-0.3, -0.25) is 0 Å². The van der Waals surface area contributed by atoms with Gasteiger partial charge in [0.05, 0.1) is 12.0 Å². The van der Waals surface area contributed by atoms with Gasteiger partial charge in [0.2, 0.25) is 0 Å². The number of hydrogen-bond acceptors (Lipinski definition) is 3. The number of hydrogen-bond donors (Lipinski definition) is 0. The smallest absolute Gasteiger partial charge is 0.123 e. The molecule has 4 nitrogen and oxygen atoms in total. The number of nitrogens with zero attached hydrogens (tertiary/aromatic N) is 1. The van der Waals surface area contributed by atoms with Crippen molar-refractivity contribution in [3.05, 3.63) is 57.7 Å². The Kier molecular flexibility index (Phi) is 4.11. The van der Waals surface area contributed by atoms with Crippen LogP contribution in [0.4, 0.5) is 5.69 Å². The Bertz CT molecular complexity index is 669. The summed E-state index contributed by atoms with van der Waals surface area (Å²) >= 11 is 3.27. The lowest BCUT2D eigenvalue weighted by Gasteiger charge is -2.22. The second-order valence-electron chi connectivity index (χ2n) is 3.72. The van der Waals surface area contributed by atoms with Crippen LogP contribution in [0.2, 0.25) is 0 Å². The van der Waals surface area contributed by atoms with E-state index in [1.54, 1.807) is 36.4 Å². The summed E-state index contributed by atoms with van der Waals surface area (Å²) in [6.45, 7) is 0. The molecule has 6 heteroatoms. The predicted molar refractivity (Wildman–Crippen MR) is 77.3 cm³/mol. The molecule has 2 aromatic carbocycles. The molecular formula is C13H11BrNO3S-. The molecule has 0 aliphatic carbocycles. The van der Waals surface area contributed by atoms with E-state index in [-0.39, 0.29) is 4.90 Å². The standard InChI is InChI=1S/C13H11BrNO3S/c1-18-12-5-7-13(8-6-12)19(16,17)15-11-4-2-3-10(14)9-11/h2-9H,1H3/q-1. The van der Waals surface area contributed by atoms with Crippen LogP contribution in [0.3, 0.4) is 0 Å². The molecule has 0 atom stereocenters. The third-order valence-electron chi connectivity index (χ3n) is 2.39. The summed E-state index contributed by atoms with van der Waals surface area (Å²) in [7, 11) is -2.18. The zero-order valence-corrected chi connectivity index (χ0v) is 12.5. The molecule has 0 amide bonds. The zero-order valence-electron chi connectivity index (χ0n) is 10.1. The molecular weight excluding hydrogens is 330 g/mol. The zero-order chi connectivity index (χ0) is 13.9. The average Bonchev–Trinajstić information content (AvgIpc) is 2.38. The van der Waals surface area contributed by atoms with Crippen LogP contribution >= 0.6 is 15.9 Å². The van der Waals surface area contributed by atoms with Crippen molar-refractivity contribution in [2.75, 3.05) is 7.11 Å². The number of sulfonamides is 1. The average molecular weight is 341 g/mol. The second kappa shape index (κ2) is 5.63. The Hall–Kier alpha value is -1.53. The lowest BCUT2D eigenvalue weighted by atomic mass is 10.3. The molecule has 0 aliphatic heterocycles. The van der Waals surface area contributed by atoms with Gasteiger partial charge in [0, 0.05) is 4.47 Å². The van der Waals surface area contributed by atoms with E-state index in [4.69, 9.17) is 4.74 Å². The maximum absolute atomic E-state index is 12.1. The van der Waals surface area contributed by atoms with Crippen LogP contribution in [0.5, 0.6) is 5.75 Å². The lowest BCUT2D eigenvalue weighted by molar-refractivity contribution is 0.414. The van der Waals surface area contributed by atoms with Gasteiger partial charge in [-0.25, -0.2) is 8.42 Å². The highest BCUT2D eigenvalue weighted by molar-refractivity contribution is 9.10. The molecule has 2 aromatic rings. The molecule has 0 heterocycles. The van der Waals surface area contributed by atoms with Gasteiger partial charge >= 0.3 is 0 Å². The normalized spacial score (nSPS) is 11.1. The molecule has 19 heavy (non-hydrogen) atoms. The van der Waals surface area contributed by atoms with Crippen LogP contribution in [-0.2, 0) is 10.0 Å².